The number of rotatable bonds is 6. The van der Waals surface area contributed by atoms with Crippen molar-refractivity contribution in [3.05, 3.63) is 71.9 Å². The summed E-state index contributed by atoms with van der Waals surface area (Å²) in [4.78, 5) is 4.14. The fourth-order valence-corrected chi connectivity index (χ4v) is 2.34. The van der Waals surface area contributed by atoms with Crippen molar-refractivity contribution in [2.45, 2.75) is 19.5 Å². The number of hydrogen-bond acceptors (Lipinski definition) is 4. The van der Waals surface area contributed by atoms with E-state index in [9.17, 15) is 13.2 Å². The number of aliphatic imine (C=N–C) groups is 1. The lowest BCUT2D eigenvalue weighted by molar-refractivity contribution is -0.274. The van der Waals surface area contributed by atoms with Crippen LogP contribution in [-0.2, 0) is 13.1 Å². The van der Waals surface area contributed by atoms with Crippen LogP contribution >= 0.6 is 24.0 Å². The molecule has 0 bridgehead atoms. The van der Waals surface area contributed by atoms with E-state index in [2.05, 4.69) is 20.2 Å². The Morgan fingerprint density at radius 3 is 2.45 bits per heavy atom. The lowest BCUT2D eigenvalue weighted by atomic mass is 10.2. The Bertz CT molecular complexity index is 929. The van der Waals surface area contributed by atoms with Crippen molar-refractivity contribution in [3.63, 3.8) is 0 Å². The highest BCUT2D eigenvalue weighted by molar-refractivity contribution is 14.0. The Labute approximate surface area is 182 Å². The lowest BCUT2D eigenvalue weighted by Crippen LogP contribution is -2.31. The Morgan fingerprint density at radius 1 is 1.10 bits per heavy atom. The molecule has 0 aliphatic rings. The molecule has 1 heterocycles. The first-order chi connectivity index (χ1) is 13.4. The lowest BCUT2D eigenvalue weighted by Gasteiger charge is -2.09. The molecule has 0 amide bonds. The van der Waals surface area contributed by atoms with Crippen LogP contribution < -0.4 is 15.8 Å². The molecule has 154 valence electrons. The molecule has 0 aliphatic carbocycles. The number of nitrogens with two attached hydrogens (primary N) is 1. The number of aromatic nitrogens is 1. The van der Waals surface area contributed by atoms with Gasteiger partial charge >= 0.3 is 6.36 Å². The summed E-state index contributed by atoms with van der Waals surface area (Å²) in [6.45, 7) is 0.531. The first kappa shape index (κ1) is 22.5. The number of halogens is 4. The average molecular weight is 518 g/mol. The second-order valence-electron chi connectivity index (χ2n) is 5.80. The largest absolute Gasteiger partial charge is 0.573 e. The highest BCUT2D eigenvalue weighted by Gasteiger charge is 2.30. The van der Waals surface area contributed by atoms with Crippen molar-refractivity contribution in [1.82, 2.24) is 10.5 Å². The van der Waals surface area contributed by atoms with Gasteiger partial charge in [-0.05, 0) is 17.7 Å². The zero-order valence-electron chi connectivity index (χ0n) is 15.0. The standard InChI is InChI=1S/C19H17F3N4O2.HI/c20-19(21,22)27-16-8-6-13(7-9-16)11-24-18(23)25-12-15-10-17(28-26-15)14-4-2-1-3-5-14;/h1-10H,11-12H2,(H3,23,24,25);1H. The summed E-state index contributed by atoms with van der Waals surface area (Å²) < 4.78 is 45.5. The minimum atomic E-state index is -4.71. The molecule has 0 atom stereocenters. The number of ether oxygens (including phenoxy) is 1. The molecule has 6 nitrogen and oxygen atoms in total. The van der Waals surface area contributed by atoms with E-state index >= 15 is 0 Å². The maximum atomic E-state index is 12.1. The van der Waals surface area contributed by atoms with Gasteiger partial charge in [-0.15, -0.1) is 37.1 Å². The third-order valence-corrected chi connectivity index (χ3v) is 3.66. The molecule has 1 aromatic heterocycles. The van der Waals surface area contributed by atoms with Crippen molar-refractivity contribution in [2.75, 3.05) is 0 Å². The van der Waals surface area contributed by atoms with E-state index < -0.39 is 6.36 Å². The van der Waals surface area contributed by atoms with E-state index in [0.717, 1.165) is 5.56 Å². The van der Waals surface area contributed by atoms with Crippen LogP contribution in [-0.4, -0.2) is 17.5 Å². The summed E-state index contributed by atoms with van der Waals surface area (Å²) in [7, 11) is 0. The van der Waals surface area contributed by atoms with Crippen molar-refractivity contribution in [1.29, 1.82) is 0 Å². The maximum Gasteiger partial charge on any atom is 0.573 e. The van der Waals surface area contributed by atoms with Gasteiger partial charge in [-0.1, -0.05) is 47.6 Å². The molecule has 10 heteroatoms. The summed E-state index contributed by atoms with van der Waals surface area (Å²) in [5, 5.41) is 6.88. The van der Waals surface area contributed by atoms with Gasteiger partial charge in [0.25, 0.3) is 0 Å². The predicted octanol–water partition coefficient (Wildman–Crippen LogP) is 4.46. The molecule has 0 unspecified atom stereocenters. The van der Waals surface area contributed by atoms with Crippen molar-refractivity contribution in [3.8, 4) is 17.1 Å². The van der Waals surface area contributed by atoms with Crippen LogP contribution in [0.25, 0.3) is 11.3 Å². The number of nitrogens with one attached hydrogen (secondary N) is 1. The maximum absolute atomic E-state index is 12.1. The average Bonchev–Trinajstić information content (AvgIpc) is 3.14. The zero-order valence-corrected chi connectivity index (χ0v) is 17.3. The Hall–Kier alpha value is -2.76. The molecular weight excluding hydrogens is 500 g/mol. The van der Waals surface area contributed by atoms with Gasteiger partial charge in [0.05, 0.1) is 13.1 Å². The van der Waals surface area contributed by atoms with E-state index in [1.165, 1.54) is 24.3 Å². The summed E-state index contributed by atoms with van der Waals surface area (Å²) in [6.07, 6.45) is -4.71. The molecule has 29 heavy (non-hydrogen) atoms. The van der Waals surface area contributed by atoms with Gasteiger partial charge in [0, 0.05) is 11.6 Å². The summed E-state index contributed by atoms with van der Waals surface area (Å²) in [5.41, 5.74) is 8.07. The van der Waals surface area contributed by atoms with E-state index in [0.29, 0.717) is 23.6 Å². The molecule has 0 fully saturated rings. The monoisotopic (exact) mass is 518 g/mol. The molecule has 0 spiro atoms. The number of guanidine groups is 1. The number of hydrogen-bond donors (Lipinski definition) is 2. The van der Waals surface area contributed by atoms with E-state index in [4.69, 9.17) is 10.3 Å². The fraction of sp³-hybridized carbons (Fsp3) is 0.158. The van der Waals surface area contributed by atoms with Crippen LogP contribution in [0.5, 0.6) is 5.75 Å². The molecule has 0 radical (unpaired) electrons. The van der Waals surface area contributed by atoms with Crippen LogP contribution in [0.1, 0.15) is 11.3 Å². The van der Waals surface area contributed by atoms with Crippen molar-refractivity contribution in [2.24, 2.45) is 10.7 Å². The van der Waals surface area contributed by atoms with Gasteiger partial charge < -0.3 is 20.3 Å². The highest BCUT2D eigenvalue weighted by atomic mass is 127. The van der Waals surface area contributed by atoms with E-state index in [1.54, 1.807) is 6.07 Å². The van der Waals surface area contributed by atoms with Gasteiger partial charge in [-0.3, -0.25) is 0 Å². The quantitative estimate of drug-likeness (QED) is 0.286. The smallest absolute Gasteiger partial charge is 0.406 e. The first-order valence-electron chi connectivity index (χ1n) is 8.28. The molecule has 2 aromatic carbocycles. The normalized spacial score (nSPS) is 11.6. The van der Waals surface area contributed by atoms with E-state index in [1.807, 2.05) is 30.3 Å². The van der Waals surface area contributed by atoms with Crippen LogP contribution in [0.4, 0.5) is 13.2 Å². The molecular formula is C19H18F3IN4O2. The van der Waals surface area contributed by atoms with Gasteiger partial charge in [-0.2, -0.15) is 0 Å². The van der Waals surface area contributed by atoms with Gasteiger partial charge in [0.15, 0.2) is 11.7 Å². The van der Waals surface area contributed by atoms with Crippen molar-refractivity contribution < 1.29 is 22.4 Å². The van der Waals surface area contributed by atoms with Gasteiger partial charge in [0.1, 0.15) is 11.4 Å². The van der Waals surface area contributed by atoms with Crippen LogP contribution in [0.3, 0.4) is 0 Å². The topological polar surface area (TPSA) is 85.7 Å². The Kier molecular flexibility index (Phi) is 7.88. The Balaban J connectivity index is 0.00000300. The second kappa shape index (κ2) is 10.1. The fourth-order valence-electron chi connectivity index (χ4n) is 2.34. The second-order valence-corrected chi connectivity index (χ2v) is 5.80. The zero-order chi connectivity index (χ0) is 20.0. The summed E-state index contributed by atoms with van der Waals surface area (Å²) in [6, 6.07) is 16.8. The minimum absolute atomic E-state index is 0. The van der Waals surface area contributed by atoms with Gasteiger partial charge in [0.2, 0.25) is 0 Å². The predicted molar refractivity (Wildman–Crippen MR) is 113 cm³/mol. The molecule has 3 N–H and O–H groups in total. The number of benzene rings is 2. The third-order valence-electron chi connectivity index (χ3n) is 3.66. The summed E-state index contributed by atoms with van der Waals surface area (Å²) >= 11 is 0. The highest BCUT2D eigenvalue weighted by Crippen LogP contribution is 2.23. The number of nitrogens with zero attached hydrogens (tertiary/aromatic N) is 2. The molecule has 3 rings (SSSR count). The minimum Gasteiger partial charge on any atom is -0.406 e. The Morgan fingerprint density at radius 2 is 1.79 bits per heavy atom. The van der Waals surface area contributed by atoms with Gasteiger partial charge in [-0.25, -0.2) is 4.99 Å². The van der Waals surface area contributed by atoms with Crippen LogP contribution in [0.15, 0.2) is 70.2 Å². The molecule has 3 aromatic rings. The third kappa shape index (κ3) is 7.29. The molecule has 0 saturated heterocycles. The van der Waals surface area contributed by atoms with Crippen molar-refractivity contribution >= 4 is 29.9 Å². The van der Waals surface area contributed by atoms with Crippen LogP contribution in [0.2, 0.25) is 0 Å². The van der Waals surface area contributed by atoms with E-state index in [-0.39, 0.29) is 42.2 Å². The first-order valence-corrected chi connectivity index (χ1v) is 8.28. The van der Waals surface area contributed by atoms with Crippen LogP contribution in [0, 0.1) is 0 Å². The molecule has 0 aliphatic heterocycles. The molecule has 0 saturated carbocycles. The SMILES string of the molecule is I.NC(=NCc1ccc(OC(F)(F)F)cc1)NCc1cc(-c2ccccc2)on1. The number of alkyl halides is 3. The summed E-state index contributed by atoms with van der Waals surface area (Å²) in [5.74, 6) is 0.542.